The number of benzene rings is 1. The molecule has 0 aliphatic heterocycles. The first kappa shape index (κ1) is 16.4. The molecule has 0 aliphatic rings. The highest BCUT2D eigenvalue weighted by Crippen LogP contribution is 2.09. The predicted molar refractivity (Wildman–Crippen MR) is 80.4 cm³/mol. The van der Waals surface area contributed by atoms with Crippen molar-refractivity contribution >= 4 is 34.9 Å². The summed E-state index contributed by atoms with van der Waals surface area (Å²) in [5, 5.41) is 16.9. The Kier molecular flexibility index (Phi) is 6.63. The number of nitriles is 1. The average molecular weight is 306 g/mol. The van der Waals surface area contributed by atoms with E-state index in [0.717, 1.165) is 0 Å². The summed E-state index contributed by atoms with van der Waals surface area (Å²) in [6.45, 7) is -0.276. The molecule has 1 aromatic carbocycles. The Morgan fingerprint density at radius 3 is 2.76 bits per heavy atom. The number of anilines is 1. The summed E-state index contributed by atoms with van der Waals surface area (Å²) in [5.41, 5.74) is 1.14. The van der Waals surface area contributed by atoms with Gasteiger partial charge in [0.2, 0.25) is 5.91 Å². The fraction of sp³-hybridized carbons (Fsp3) is 0.231. The molecule has 7 nitrogen and oxygen atoms in total. The number of hydrogen-bond donors (Lipinski definition) is 3. The van der Waals surface area contributed by atoms with Gasteiger partial charge >= 0.3 is 5.97 Å². The maximum absolute atomic E-state index is 11.4. The molecule has 0 aliphatic carbocycles. The summed E-state index contributed by atoms with van der Waals surface area (Å²) >= 11 is 5.02. The predicted octanol–water partition coefficient (Wildman–Crippen LogP) is 0.134. The van der Waals surface area contributed by atoms with Gasteiger partial charge < -0.3 is 20.7 Å². The fourth-order valence-corrected chi connectivity index (χ4v) is 1.50. The molecule has 8 heteroatoms. The number of ether oxygens (including phenoxy) is 1. The van der Waals surface area contributed by atoms with Crippen molar-refractivity contribution in [1.29, 1.82) is 5.26 Å². The van der Waals surface area contributed by atoms with E-state index < -0.39 is 11.9 Å². The normalized spacial score (nSPS) is 9.14. The first-order valence-electron chi connectivity index (χ1n) is 5.93. The Hall–Kier alpha value is -2.66. The van der Waals surface area contributed by atoms with Crippen LogP contribution in [0.5, 0.6) is 0 Å². The van der Waals surface area contributed by atoms with E-state index >= 15 is 0 Å². The Morgan fingerprint density at radius 2 is 2.10 bits per heavy atom. The van der Waals surface area contributed by atoms with Crippen LogP contribution in [-0.4, -0.2) is 37.2 Å². The molecule has 0 heterocycles. The van der Waals surface area contributed by atoms with E-state index in [9.17, 15) is 9.59 Å². The Labute approximate surface area is 127 Å². The summed E-state index contributed by atoms with van der Waals surface area (Å²) in [4.78, 5) is 22.2. The second-order valence-electron chi connectivity index (χ2n) is 3.85. The van der Waals surface area contributed by atoms with Crippen LogP contribution in [0, 0.1) is 11.3 Å². The summed E-state index contributed by atoms with van der Waals surface area (Å²) in [7, 11) is 1.24. The number of methoxy groups -OCH3 is 1. The van der Waals surface area contributed by atoms with Gasteiger partial charge in [0.15, 0.2) is 5.11 Å². The largest absolute Gasteiger partial charge is 0.468 e. The van der Waals surface area contributed by atoms with Gasteiger partial charge in [-0.15, -0.1) is 0 Å². The van der Waals surface area contributed by atoms with Crippen LogP contribution in [-0.2, 0) is 14.3 Å². The third kappa shape index (κ3) is 6.35. The number of esters is 1. The van der Waals surface area contributed by atoms with Crippen LogP contribution >= 0.6 is 12.2 Å². The Bertz CT molecular complexity index is 583. The number of thiocarbonyl (C=S) groups is 1. The van der Waals surface area contributed by atoms with Gasteiger partial charge in [0.25, 0.3) is 0 Å². The topological polar surface area (TPSA) is 103 Å². The van der Waals surface area contributed by atoms with Crippen LogP contribution in [0.4, 0.5) is 5.69 Å². The minimum absolute atomic E-state index is 0.0826. The zero-order chi connectivity index (χ0) is 15.7. The maximum Gasteiger partial charge on any atom is 0.325 e. The molecule has 0 fully saturated rings. The minimum atomic E-state index is -0.530. The lowest BCUT2D eigenvalue weighted by Gasteiger charge is -2.10. The maximum atomic E-state index is 11.4. The fourth-order valence-electron chi connectivity index (χ4n) is 1.31. The molecule has 1 aromatic rings. The number of hydrogen-bond acceptors (Lipinski definition) is 5. The Balaban J connectivity index is 2.35. The van der Waals surface area contributed by atoms with Gasteiger partial charge in [-0.25, -0.2) is 0 Å². The van der Waals surface area contributed by atoms with Crippen LogP contribution in [0.2, 0.25) is 0 Å². The van der Waals surface area contributed by atoms with Crippen molar-refractivity contribution in [1.82, 2.24) is 10.6 Å². The molecule has 0 bridgehead atoms. The first-order valence-corrected chi connectivity index (χ1v) is 6.34. The van der Waals surface area contributed by atoms with Gasteiger partial charge in [-0.3, -0.25) is 9.59 Å². The molecule has 0 atom stereocenters. The second kappa shape index (κ2) is 8.50. The number of nitrogens with zero attached hydrogens (tertiary/aromatic N) is 1. The minimum Gasteiger partial charge on any atom is -0.468 e. The van der Waals surface area contributed by atoms with Crippen LogP contribution in [0.3, 0.4) is 0 Å². The average Bonchev–Trinajstić information content (AvgIpc) is 2.50. The van der Waals surface area contributed by atoms with Crippen molar-refractivity contribution in [2.24, 2.45) is 0 Å². The smallest absolute Gasteiger partial charge is 0.325 e. The highest BCUT2D eigenvalue weighted by molar-refractivity contribution is 7.80. The lowest BCUT2D eigenvalue weighted by molar-refractivity contribution is -0.141. The second-order valence-corrected chi connectivity index (χ2v) is 4.26. The van der Waals surface area contributed by atoms with Gasteiger partial charge in [-0.2, -0.15) is 5.26 Å². The molecule has 3 N–H and O–H groups in total. The molecule has 0 unspecified atom stereocenters. The zero-order valence-electron chi connectivity index (χ0n) is 11.3. The number of carbonyl (C=O) groups excluding carboxylic acids is 2. The van der Waals surface area contributed by atoms with Crippen molar-refractivity contribution in [3.05, 3.63) is 29.8 Å². The molecule has 0 aromatic heterocycles. The summed E-state index contributed by atoms with van der Waals surface area (Å²) in [6, 6.07) is 8.77. The van der Waals surface area contributed by atoms with Crippen molar-refractivity contribution in [3.63, 3.8) is 0 Å². The van der Waals surface area contributed by atoms with Crippen LogP contribution in [0.25, 0.3) is 0 Å². The summed E-state index contributed by atoms with van der Waals surface area (Å²) in [6.07, 6.45) is 0. The number of nitrogens with one attached hydrogen (secondary N) is 3. The van der Waals surface area contributed by atoms with Gasteiger partial charge in [0.1, 0.15) is 6.54 Å². The van der Waals surface area contributed by atoms with E-state index in [2.05, 4.69) is 20.7 Å². The van der Waals surface area contributed by atoms with Crippen molar-refractivity contribution in [3.8, 4) is 6.07 Å². The third-order valence-corrected chi connectivity index (χ3v) is 2.56. The highest BCUT2D eigenvalue weighted by Gasteiger charge is 2.06. The molecule has 0 spiro atoms. The zero-order valence-corrected chi connectivity index (χ0v) is 12.1. The van der Waals surface area contributed by atoms with E-state index in [-0.39, 0.29) is 18.2 Å². The molecule has 0 saturated heterocycles. The first-order chi connectivity index (χ1) is 10.0. The number of rotatable bonds is 5. The summed E-state index contributed by atoms with van der Waals surface area (Å²) < 4.78 is 4.39. The lowest BCUT2D eigenvalue weighted by atomic mass is 10.2. The standard InChI is InChI=1S/C13H14N4O3S/c1-20-12(19)8-15-11(18)7-16-13(21)17-10-4-2-3-9(5-10)6-14/h2-5H,7-8H2,1H3,(H,15,18)(H2,16,17,21). The van der Waals surface area contributed by atoms with Gasteiger partial charge in [-0.1, -0.05) is 6.07 Å². The summed E-state index contributed by atoms with van der Waals surface area (Å²) in [5.74, 6) is -0.923. The van der Waals surface area contributed by atoms with E-state index in [4.69, 9.17) is 17.5 Å². The molecule has 0 radical (unpaired) electrons. The molecule has 110 valence electrons. The molecular weight excluding hydrogens is 292 g/mol. The number of amides is 1. The molecular formula is C13H14N4O3S. The van der Waals surface area contributed by atoms with Crippen LogP contribution < -0.4 is 16.0 Å². The van der Waals surface area contributed by atoms with Gasteiger partial charge in [0, 0.05) is 5.69 Å². The van der Waals surface area contributed by atoms with Crippen molar-refractivity contribution in [2.75, 3.05) is 25.5 Å². The van der Waals surface area contributed by atoms with E-state index in [1.54, 1.807) is 24.3 Å². The van der Waals surface area contributed by atoms with E-state index in [1.165, 1.54) is 7.11 Å². The van der Waals surface area contributed by atoms with Crippen LogP contribution in [0.1, 0.15) is 5.56 Å². The molecule has 0 saturated carbocycles. The van der Waals surface area contributed by atoms with Gasteiger partial charge in [-0.05, 0) is 30.4 Å². The molecule has 21 heavy (non-hydrogen) atoms. The van der Waals surface area contributed by atoms with E-state index in [1.807, 2.05) is 6.07 Å². The van der Waals surface area contributed by atoms with Crippen molar-refractivity contribution < 1.29 is 14.3 Å². The third-order valence-electron chi connectivity index (χ3n) is 2.32. The highest BCUT2D eigenvalue weighted by atomic mass is 32.1. The van der Waals surface area contributed by atoms with Gasteiger partial charge in [0.05, 0.1) is 25.3 Å². The Morgan fingerprint density at radius 1 is 1.33 bits per heavy atom. The monoisotopic (exact) mass is 306 g/mol. The van der Waals surface area contributed by atoms with Crippen molar-refractivity contribution in [2.45, 2.75) is 0 Å². The quantitative estimate of drug-likeness (QED) is 0.525. The SMILES string of the molecule is COC(=O)CNC(=O)CNC(=S)Nc1cccc(C#N)c1. The lowest BCUT2D eigenvalue weighted by Crippen LogP contribution is -2.40. The molecule has 1 amide bonds. The number of carbonyl (C=O) groups is 2. The van der Waals surface area contributed by atoms with Crippen LogP contribution in [0.15, 0.2) is 24.3 Å². The molecule has 1 rings (SSSR count). The van der Waals surface area contributed by atoms with E-state index in [0.29, 0.717) is 11.3 Å².